The molecule has 7 nitrogen and oxygen atoms in total. The third kappa shape index (κ3) is 9.09. The molecule has 0 aromatic heterocycles. The van der Waals surface area contributed by atoms with E-state index in [1.54, 1.807) is 13.1 Å². The Kier molecular flexibility index (Phi) is 8.98. The highest BCUT2D eigenvalue weighted by Gasteiger charge is 2.04. The van der Waals surface area contributed by atoms with Gasteiger partial charge in [0.1, 0.15) is 9.84 Å². The van der Waals surface area contributed by atoms with Crippen LogP contribution in [0.1, 0.15) is 29.3 Å². The van der Waals surface area contributed by atoms with Gasteiger partial charge in [0.2, 0.25) is 0 Å². The number of nitrogens with zero attached hydrogens (tertiary/aromatic N) is 1. The topological polar surface area (TPSA) is 99.7 Å². The molecule has 1 aromatic carbocycles. The molecule has 0 aliphatic carbocycles. The van der Waals surface area contributed by atoms with Crippen molar-refractivity contribution < 1.29 is 13.2 Å². The monoisotopic (exact) mass is 368 g/mol. The van der Waals surface area contributed by atoms with E-state index in [9.17, 15) is 13.2 Å². The van der Waals surface area contributed by atoms with Crippen molar-refractivity contribution in [3.8, 4) is 0 Å². The first-order valence-corrected chi connectivity index (χ1v) is 10.4. The van der Waals surface area contributed by atoms with E-state index in [1.807, 2.05) is 25.1 Å². The number of benzene rings is 1. The molecule has 1 aromatic rings. The van der Waals surface area contributed by atoms with Crippen molar-refractivity contribution in [1.29, 1.82) is 0 Å². The molecule has 0 aliphatic heterocycles. The van der Waals surface area contributed by atoms with Crippen LogP contribution in [0.15, 0.2) is 29.3 Å². The lowest BCUT2D eigenvalue weighted by Gasteiger charge is -2.11. The number of rotatable bonds is 9. The summed E-state index contributed by atoms with van der Waals surface area (Å²) in [4.78, 5) is 16.0. The molecule has 3 N–H and O–H groups in total. The van der Waals surface area contributed by atoms with Crippen molar-refractivity contribution >= 4 is 21.7 Å². The Morgan fingerprint density at radius 3 is 2.64 bits per heavy atom. The molecule has 0 aliphatic rings. The van der Waals surface area contributed by atoms with Crippen molar-refractivity contribution in [1.82, 2.24) is 16.0 Å². The van der Waals surface area contributed by atoms with Crippen LogP contribution in [-0.2, 0) is 16.3 Å². The number of amides is 1. The van der Waals surface area contributed by atoms with Gasteiger partial charge in [0.25, 0.3) is 5.91 Å². The third-order valence-electron chi connectivity index (χ3n) is 3.41. The van der Waals surface area contributed by atoms with Gasteiger partial charge < -0.3 is 16.0 Å². The smallest absolute Gasteiger partial charge is 0.251 e. The summed E-state index contributed by atoms with van der Waals surface area (Å²) >= 11 is 0. The van der Waals surface area contributed by atoms with E-state index in [0.29, 0.717) is 31.0 Å². The summed E-state index contributed by atoms with van der Waals surface area (Å²) in [6.07, 6.45) is 2.48. The average molecular weight is 369 g/mol. The summed E-state index contributed by atoms with van der Waals surface area (Å²) in [7, 11) is -1.33. The van der Waals surface area contributed by atoms with E-state index < -0.39 is 9.84 Å². The quantitative estimate of drug-likeness (QED) is 0.336. The minimum Gasteiger partial charge on any atom is -0.357 e. The van der Waals surface area contributed by atoms with Crippen LogP contribution in [0.3, 0.4) is 0 Å². The molecule has 0 radical (unpaired) electrons. The number of guanidine groups is 1. The second-order valence-corrected chi connectivity index (χ2v) is 7.96. The summed E-state index contributed by atoms with van der Waals surface area (Å²) in [5.41, 5.74) is 1.70. The minimum absolute atomic E-state index is 0.101. The highest BCUT2D eigenvalue weighted by Crippen LogP contribution is 2.05. The van der Waals surface area contributed by atoms with Gasteiger partial charge in [0.05, 0.1) is 5.75 Å². The SMILES string of the molecule is CCNC(=NCCCS(C)(=O)=O)NCCc1cccc(C(=O)NC)c1. The van der Waals surface area contributed by atoms with Gasteiger partial charge in [0.15, 0.2) is 5.96 Å². The summed E-state index contributed by atoms with van der Waals surface area (Å²) in [6, 6.07) is 7.49. The van der Waals surface area contributed by atoms with Gasteiger partial charge in [-0.15, -0.1) is 0 Å². The summed E-state index contributed by atoms with van der Waals surface area (Å²) < 4.78 is 22.2. The second-order valence-electron chi connectivity index (χ2n) is 5.70. The van der Waals surface area contributed by atoms with E-state index in [-0.39, 0.29) is 11.7 Å². The predicted octanol–water partition coefficient (Wildman–Crippen LogP) is 0.579. The van der Waals surface area contributed by atoms with Crippen molar-refractivity contribution in [2.75, 3.05) is 38.7 Å². The molecule has 0 saturated heterocycles. The van der Waals surface area contributed by atoms with Crippen LogP contribution >= 0.6 is 0 Å². The fourth-order valence-corrected chi connectivity index (χ4v) is 2.85. The van der Waals surface area contributed by atoms with Crippen LogP contribution < -0.4 is 16.0 Å². The molecule has 1 amide bonds. The molecule has 0 heterocycles. The number of carbonyl (C=O) groups excluding carboxylic acids is 1. The zero-order valence-electron chi connectivity index (χ0n) is 15.1. The molecular weight excluding hydrogens is 340 g/mol. The lowest BCUT2D eigenvalue weighted by Crippen LogP contribution is -2.38. The van der Waals surface area contributed by atoms with Crippen molar-refractivity contribution in [3.63, 3.8) is 0 Å². The predicted molar refractivity (Wildman–Crippen MR) is 102 cm³/mol. The second kappa shape index (κ2) is 10.7. The maximum Gasteiger partial charge on any atom is 0.251 e. The van der Waals surface area contributed by atoms with Crippen LogP contribution in [0.4, 0.5) is 0 Å². The van der Waals surface area contributed by atoms with Gasteiger partial charge in [-0.1, -0.05) is 12.1 Å². The normalized spacial score (nSPS) is 11.9. The molecule has 1 rings (SSSR count). The number of sulfone groups is 1. The minimum atomic E-state index is -2.94. The van der Waals surface area contributed by atoms with Crippen molar-refractivity contribution in [2.24, 2.45) is 4.99 Å². The summed E-state index contributed by atoms with van der Waals surface area (Å²) in [6.45, 7) is 3.81. The van der Waals surface area contributed by atoms with E-state index in [2.05, 4.69) is 20.9 Å². The Morgan fingerprint density at radius 1 is 1.24 bits per heavy atom. The Hall–Kier alpha value is -2.09. The van der Waals surface area contributed by atoms with Gasteiger partial charge in [0, 0.05) is 38.5 Å². The lowest BCUT2D eigenvalue weighted by atomic mass is 10.1. The zero-order chi connectivity index (χ0) is 18.7. The van der Waals surface area contributed by atoms with Crippen LogP contribution in [0, 0.1) is 0 Å². The highest BCUT2D eigenvalue weighted by atomic mass is 32.2. The molecule has 8 heteroatoms. The Bertz CT molecular complexity index is 687. The molecule has 0 atom stereocenters. The Labute approximate surface area is 150 Å². The molecule has 0 fully saturated rings. The van der Waals surface area contributed by atoms with Crippen LogP contribution in [0.5, 0.6) is 0 Å². The number of hydrogen-bond donors (Lipinski definition) is 3. The Balaban J connectivity index is 2.50. The van der Waals surface area contributed by atoms with Crippen molar-refractivity contribution in [3.05, 3.63) is 35.4 Å². The first-order chi connectivity index (χ1) is 11.9. The number of carbonyl (C=O) groups is 1. The molecular formula is C17H28N4O3S. The fourth-order valence-electron chi connectivity index (χ4n) is 2.20. The molecule has 0 unspecified atom stereocenters. The first-order valence-electron chi connectivity index (χ1n) is 8.36. The van der Waals surface area contributed by atoms with Crippen LogP contribution in [0.25, 0.3) is 0 Å². The standard InChI is InChI=1S/C17H28N4O3S/c1-4-19-17(20-10-6-12-25(3,23)24)21-11-9-14-7-5-8-15(13-14)16(22)18-2/h5,7-8,13H,4,6,9-12H2,1-3H3,(H,18,22)(H2,19,20,21). The summed E-state index contributed by atoms with van der Waals surface area (Å²) in [5, 5.41) is 8.96. The largest absolute Gasteiger partial charge is 0.357 e. The van der Waals surface area contributed by atoms with E-state index in [0.717, 1.165) is 18.5 Å². The maximum atomic E-state index is 11.7. The zero-order valence-corrected chi connectivity index (χ0v) is 15.9. The average Bonchev–Trinajstić information content (AvgIpc) is 2.57. The number of nitrogens with one attached hydrogen (secondary N) is 3. The van der Waals surface area contributed by atoms with Gasteiger partial charge >= 0.3 is 0 Å². The molecule has 25 heavy (non-hydrogen) atoms. The molecule has 0 bridgehead atoms. The van der Waals surface area contributed by atoms with E-state index in [4.69, 9.17) is 0 Å². The van der Waals surface area contributed by atoms with Crippen molar-refractivity contribution in [2.45, 2.75) is 19.8 Å². The molecule has 0 saturated carbocycles. The van der Waals surface area contributed by atoms with E-state index >= 15 is 0 Å². The highest BCUT2D eigenvalue weighted by molar-refractivity contribution is 7.90. The molecule has 0 spiro atoms. The third-order valence-corrected chi connectivity index (χ3v) is 4.44. The van der Waals surface area contributed by atoms with E-state index in [1.165, 1.54) is 6.26 Å². The molecule has 140 valence electrons. The van der Waals surface area contributed by atoms with Gasteiger partial charge in [-0.2, -0.15) is 0 Å². The number of aliphatic imine (C=N–C) groups is 1. The van der Waals surface area contributed by atoms with Crippen LogP contribution in [0.2, 0.25) is 0 Å². The Morgan fingerprint density at radius 2 is 2.00 bits per heavy atom. The first kappa shape index (κ1) is 21.0. The van der Waals surface area contributed by atoms with Crippen LogP contribution in [-0.4, -0.2) is 59.0 Å². The van der Waals surface area contributed by atoms with Gasteiger partial charge in [-0.3, -0.25) is 9.79 Å². The number of hydrogen-bond acceptors (Lipinski definition) is 4. The lowest BCUT2D eigenvalue weighted by molar-refractivity contribution is 0.0963. The van der Waals surface area contributed by atoms with Gasteiger partial charge in [-0.05, 0) is 37.5 Å². The maximum absolute atomic E-state index is 11.7. The summed E-state index contributed by atoms with van der Waals surface area (Å²) in [5.74, 6) is 0.705. The fraction of sp³-hybridized carbons (Fsp3) is 0.529. The van der Waals surface area contributed by atoms with Gasteiger partial charge in [-0.25, -0.2) is 8.42 Å².